The molecule has 1 unspecified atom stereocenters. The highest BCUT2D eigenvalue weighted by atomic mass is 19.1. The van der Waals surface area contributed by atoms with E-state index in [-0.39, 0.29) is 30.8 Å². The van der Waals surface area contributed by atoms with E-state index in [4.69, 9.17) is 9.47 Å². The molecule has 12 heteroatoms. The van der Waals surface area contributed by atoms with Crippen LogP contribution in [0.2, 0.25) is 0 Å². The first-order chi connectivity index (χ1) is 20.8. The fourth-order valence-corrected chi connectivity index (χ4v) is 5.95. The van der Waals surface area contributed by atoms with Crippen LogP contribution >= 0.6 is 0 Å². The largest absolute Gasteiger partial charge is 0.486 e. The van der Waals surface area contributed by atoms with Gasteiger partial charge < -0.3 is 29.7 Å². The van der Waals surface area contributed by atoms with Crippen molar-refractivity contribution in [2.45, 2.75) is 44.6 Å². The molecule has 224 valence electrons. The maximum absolute atomic E-state index is 14.8. The quantitative estimate of drug-likeness (QED) is 0.423. The molecule has 4 heterocycles. The molecule has 43 heavy (non-hydrogen) atoms. The van der Waals surface area contributed by atoms with E-state index >= 15 is 0 Å². The van der Waals surface area contributed by atoms with Gasteiger partial charge in [0.2, 0.25) is 5.95 Å². The van der Waals surface area contributed by atoms with Gasteiger partial charge in [0, 0.05) is 61.6 Å². The molecule has 1 spiro atoms. The molecule has 3 aliphatic rings. The van der Waals surface area contributed by atoms with E-state index in [1.807, 2.05) is 12.1 Å². The number of likely N-dealkylation sites (tertiary alicyclic amines) is 1. The molecule has 0 aliphatic carbocycles. The average Bonchev–Trinajstić information content (AvgIpc) is 3.01. The number of carbonyl (C=O) groups is 1. The number of alkyl halides is 1. The second-order valence-corrected chi connectivity index (χ2v) is 11.5. The predicted molar refractivity (Wildman–Crippen MR) is 157 cm³/mol. The minimum Gasteiger partial charge on any atom is -0.486 e. The minimum atomic E-state index is -1.46. The molecule has 11 nitrogen and oxygen atoms in total. The molecule has 3 aliphatic heterocycles. The number of aliphatic hydroxyl groups excluding tert-OH is 1. The maximum Gasteiger partial charge on any atom is 0.251 e. The number of hydrogen-bond acceptors (Lipinski definition) is 10. The third-order valence-electron chi connectivity index (χ3n) is 8.45. The van der Waals surface area contributed by atoms with Crippen LogP contribution in [0.25, 0.3) is 11.4 Å². The van der Waals surface area contributed by atoms with Gasteiger partial charge in [0.25, 0.3) is 5.91 Å². The minimum absolute atomic E-state index is 0.174. The molecule has 3 atom stereocenters. The van der Waals surface area contributed by atoms with Crippen molar-refractivity contribution < 1.29 is 23.8 Å². The number of piperidine rings is 1. The van der Waals surface area contributed by atoms with Gasteiger partial charge in [0.05, 0.1) is 12.1 Å². The van der Waals surface area contributed by atoms with Crippen molar-refractivity contribution in [1.82, 2.24) is 19.9 Å². The Morgan fingerprint density at radius 2 is 1.98 bits per heavy atom. The molecule has 3 aromatic rings. The summed E-state index contributed by atoms with van der Waals surface area (Å²) in [6, 6.07) is 15.2. The summed E-state index contributed by atoms with van der Waals surface area (Å²) in [6.45, 7) is 5.28. The first kappa shape index (κ1) is 28.8. The standard InChI is InChI=1S/C31H34FN7O4/c1-20(40)29(41)38-11-8-27(25(32)16-38)43-26-7-2-21(14-22(26)15-33)28-34-19-35-30(37-28)36-23-3-5-24(6-4-23)39-17-31(18-39)9-12-42-13-10-31/h2-7,14,19-20,25,27,40H,8-13,16-18H2,1H3,(H,34,35,36,37)/t20?,25-,27+/m1/s1. The lowest BCUT2D eigenvalue weighted by molar-refractivity contribution is -0.143. The van der Waals surface area contributed by atoms with Crippen LogP contribution in [-0.4, -0.2) is 88.6 Å². The molecule has 3 saturated heterocycles. The van der Waals surface area contributed by atoms with Gasteiger partial charge in [0.15, 0.2) is 12.0 Å². The molecule has 0 radical (unpaired) electrons. The van der Waals surface area contributed by atoms with Gasteiger partial charge in [-0.2, -0.15) is 10.2 Å². The van der Waals surface area contributed by atoms with Crippen LogP contribution in [0, 0.1) is 16.7 Å². The first-order valence-corrected chi connectivity index (χ1v) is 14.5. The number of benzene rings is 2. The van der Waals surface area contributed by atoms with Crippen molar-refractivity contribution >= 4 is 23.2 Å². The maximum atomic E-state index is 14.8. The highest BCUT2D eigenvalue weighted by Crippen LogP contribution is 2.42. The predicted octanol–water partition coefficient (Wildman–Crippen LogP) is 3.47. The zero-order chi connectivity index (χ0) is 30.0. The van der Waals surface area contributed by atoms with Crippen LogP contribution in [0.3, 0.4) is 0 Å². The van der Waals surface area contributed by atoms with Crippen LogP contribution in [0.15, 0.2) is 48.8 Å². The molecule has 3 fully saturated rings. The van der Waals surface area contributed by atoms with Crippen molar-refractivity contribution in [3.63, 3.8) is 0 Å². The van der Waals surface area contributed by atoms with Gasteiger partial charge in [-0.1, -0.05) is 0 Å². The highest BCUT2D eigenvalue weighted by molar-refractivity contribution is 5.80. The molecule has 6 rings (SSSR count). The second-order valence-electron chi connectivity index (χ2n) is 11.5. The summed E-state index contributed by atoms with van der Waals surface area (Å²) >= 11 is 0. The van der Waals surface area contributed by atoms with Crippen LogP contribution in [0.5, 0.6) is 5.75 Å². The van der Waals surface area contributed by atoms with Crippen LogP contribution < -0.4 is 15.0 Å². The third kappa shape index (κ3) is 6.23. The summed E-state index contributed by atoms with van der Waals surface area (Å²) in [5.41, 5.74) is 3.22. The van der Waals surface area contributed by atoms with E-state index in [0.717, 1.165) is 44.8 Å². The third-order valence-corrected chi connectivity index (χ3v) is 8.45. The van der Waals surface area contributed by atoms with Gasteiger partial charge in [-0.25, -0.2) is 14.4 Å². The Morgan fingerprint density at radius 3 is 2.67 bits per heavy atom. The molecule has 0 saturated carbocycles. The van der Waals surface area contributed by atoms with Gasteiger partial charge in [-0.3, -0.25) is 4.79 Å². The van der Waals surface area contributed by atoms with Gasteiger partial charge >= 0.3 is 0 Å². The van der Waals surface area contributed by atoms with E-state index in [1.54, 1.807) is 18.2 Å². The van der Waals surface area contributed by atoms with Crippen molar-refractivity contribution in [3.05, 3.63) is 54.4 Å². The number of hydrogen-bond donors (Lipinski definition) is 2. The van der Waals surface area contributed by atoms with Crippen molar-refractivity contribution in [2.24, 2.45) is 5.41 Å². The second kappa shape index (κ2) is 12.1. The number of aliphatic hydroxyl groups is 1. The summed E-state index contributed by atoms with van der Waals surface area (Å²) in [7, 11) is 0. The fraction of sp³-hybridized carbons (Fsp3) is 0.452. The zero-order valence-corrected chi connectivity index (χ0v) is 23.9. The molecule has 2 N–H and O–H groups in total. The Bertz CT molecular complexity index is 1500. The molecular weight excluding hydrogens is 553 g/mol. The van der Waals surface area contributed by atoms with Gasteiger partial charge in [0.1, 0.15) is 30.4 Å². The Hall–Kier alpha value is -4.34. The van der Waals surface area contributed by atoms with Crippen molar-refractivity contribution in [1.29, 1.82) is 5.26 Å². The normalized spacial score (nSPS) is 21.9. The number of nitrogens with one attached hydrogen (secondary N) is 1. The van der Waals surface area contributed by atoms with E-state index in [9.17, 15) is 19.6 Å². The van der Waals surface area contributed by atoms with Crippen LogP contribution in [0.4, 0.5) is 21.7 Å². The lowest BCUT2D eigenvalue weighted by Gasteiger charge is -2.53. The molecular formula is C31H34FN7O4. The van der Waals surface area contributed by atoms with Crippen molar-refractivity contribution in [3.8, 4) is 23.2 Å². The monoisotopic (exact) mass is 587 g/mol. The van der Waals surface area contributed by atoms with E-state index < -0.39 is 24.3 Å². The number of halogens is 1. The Kier molecular flexibility index (Phi) is 8.10. The van der Waals surface area contributed by atoms with Gasteiger partial charge in [-0.05, 0) is 62.2 Å². The number of amides is 1. The number of aromatic nitrogens is 3. The molecule has 2 aromatic carbocycles. The fourth-order valence-electron chi connectivity index (χ4n) is 5.95. The van der Waals surface area contributed by atoms with E-state index in [1.165, 1.54) is 23.8 Å². The SMILES string of the molecule is CC(O)C(=O)N1CC[C@H](Oc2ccc(-c3ncnc(Nc4ccc(N5CC6(CCOCC6)C5)cc4)n3)cc2C#N)[C@H](F)C1. The van der Waals surface area contributed by atoms with Crippen molar-refractivity contribution in [2.75, 3.05) is 49.6 Å². The lowest BCUT2D eigenvalue weighted by atomic mass is 9.73. The lowest BCUT2D eigenvalue weighted by Crippen LogP contribution is -2.58. The number of nitriles is 1. The first-order valence-electron chi connectivity index (χ1n) is 14.5. The number of nitrogens with zero attached hydrogens (tertiary/aromatic N) is 6. The van der Waals surface area contributed by atoms with Crippen LogP contribution in [0.1, 0.15) is 31.7 Å². The average molecular weight is 588 g/mol. The van der Waals surface area contributed by atoms with Crippen LogP contribution in [-0.2, 0) is 9.53 Å². The molecule has 1 amide bonds. The summed E-state index contributed by atoms with van der Waals surface area (Å²) in [4.78, 5) is 28.7. The Morgan fingerprint density at radius 1 is 1.21 bits per heavy atom. The summed E-state index contributed by atoms with van der Waals surface area (Å²) in [6.07, 6.45) is 0.436. The summed E-state index contributed by atoms with van der Waals surface area (Å²) in [5.74, 6) is 0.460. The number of anilines is 3. The van der Waals surface area contributed by atoms with E-state index in [0.29, 0.717) is 22.8 Å². The smallest absolute Gasteiger partial charge is 0.251 e. The Labute approximate surface area is 249 Å². The number of rotatable bonds is 7. The summed E-state index contributed by atoms with van der Waals surface area (Å²) < 4.78 is 26.2. The molecule has 0 bridgehead atoms. The highest BCUT2D eigenvalue weighted by Gasteiger charge is 2.43. The number of carbonyl (C=O) groups excluding carboxylic acids is 1. The van der Waals surface area contributed by atoms with E-state index in [2.05, 4.69) is 43.4 Å². The molecule has 1 aromatic heterocycles. The summed E-state index contributed by atoms with van der Waals surface area (Å²) in [5, 5.41) is 22.5. The van der Waals surface area contributed by atoms with Gasteiger partial charge in [-0.15, -0.1) is 0 Å². The Balaban J connectivity index is 1.09. The zero-order valence-electron chi connectivity index (χ0n) is 23.9. The topological polar surface area (TPSA) is 137 Å². The number of ether oxygens (including phenoxy) is 2.